The zero-order valence-electron chi connectivity index (χ0n) is 11.3. The molecular formula is C14H20N4O. The molecule has 0 aliphatic carbocycles. The normalized spacial score (nSPS) is 18.2. The minimum atomic E-state index is 0.259. The van der Waals surface area contributed by atoms with Crippen LogP contribution in [0.2, 0.25) is 0 Å². The van der Waals surface area contributed by atoms with Crippen LogP contribution in [0.25, 0.3) is 5.65 Å². The first-order valence-corrected chi connectivity index (χ1v) is 7.01. The fourth-order valence-electron chi connectivity index (χ4n) is 2.83. The summed E-state index contributed by atoms with van der Waals surface area (Å²) in [6.07, 6.45) is 5.09. The van der Waals surface area contributed by atoms with Crippen LogP contribution in [0, 0.1) is 5.92 Å². The topological polar surface area (TPSA) is 53.7 Å². The Balaban J connectivity index is 1.73. The lowest BCUT2D eigenvalue weighted by Crippen LogP contribution is -2.34. The van der Waals surface area contributed by atoms with Crippen molar-refractivity contribution in [2.45, 2.75) is 26.2 Å². The molecule has 102 valence electrons. The van der Waals surface area contributed by atoms with E-state index in [0.29, 0.717) is 5.92 Å². The van der Waals surface area contributed by atoms with Gasteiger partial charge >= 0.3 is 0 Å². The van der Waals surface area contributed by atoms with Crippen molar-refractivity contribution in [2.24, 2.45) is 5.92 Å². The highest BCUT2D eigenvalue weighted by Crippen LogP contribution is 2.21. The summed E-state index contributed by atoms with van der Waals surface area (Å²) >= 11 is 0. The molecule has 3 heterocycles. The van der Waals surface area contributed by atoms with Gasteiger partial charge in [-0.1, -0.05) is 6.92 Å². The van der Waals surface area contributed by atoms with E-state index in [-0.39, 0.29) is 5.75 Å². The molecule has 0 spiro atoms. The van der Waals surface area contributed by atoms with E-state index in [2.05, 4.69) is 22.0 Å². The van der Waals surface area contributed by atoms with Crippen molar-refractivity contribution in [3.63, 3.8) is 0 Å². The second-order valence-electron chi connectivity index (χ2n) is 5.31. The predicted molar refractivity (Wildman–Crippen MR) is 73.2 cm³/mol. The Morgan fingerprint density at radius 1 is 1.26 bits per heavy atom. The highest BCUT2D eigenvalue weighted by molar-refractivity contribution is 5.40. The third kappa shape index (κ3) is 2.56. The number of aromatic nitrogens is 3. The Morgan fingerprint density at radius 2 is 2.05 bits per heavy atom. The minimum Gasteiger partial charge on any atom is -0.506 e. The molecule has 19 heavy (non-hydrogen) atoms. The van der Waals surface area contributed by atoms with Gasteiger partial charge < -0.3 is 10.0 Å². The average molecular weight is 260 g/mol. The van der Waals surface area contributed by atoms with Gasteiger partial charge in [0.05, 0.1) is 6.20 Å². The molecule has 0 bridgehead atoms. The minimum absolute atomic E-state index is 0.259. The van der Waals surface area contributed by atoms with E-state index in [0.717, 1.165) is 24.4 Å². The largest absolute Gasteiger partial charge is 0.506 e. The lowest BCUT2D eigenvalue weighted by atomic mass is 9.93. The van der Waals surface area contributed by atoms with Crippen LogP contribution in [-0.4, -0.2) is 44.2 Å². The molecule has 0 atom stereocenters. The molecule has 5 nitrogen and oxygen atoms in total. The molecule has 5 heteroatoms. The summed E-state index contributed by atoms with van der Waals surface area (Å²) in [5.41, 5.74) is 0.804. The van der Waals surface area contributed by atoms with Gasteiger partial charge in [-0.15, -0.1) is 10.2 Å². The molecule has 1 fully saturated rings. The van der Waals surface area contributed by atoms with Crippen molar-refractivity contribution >= 4 is 5.65 Å². The lowest BCUT2D eigenvalue weighted by Gasteiger charge is -2.30. The maximum absolute atomic E-state index is 9.56. The first kappa shape index (κ1) is 12.4. The van der Waals surface area contributed by atoms with E-state index in [1.165, 1.54) is 25.9 Å². The first-order chi connectivity index (χ1) is 9.26. The van der Waals surface area contributed by atoms with E-state index < -0.39 is 0 Å². The number of hydrogen-bond acceptors (Lipinski definition) is 4. The molecule has 1 N–H and O–H groups in total. The number of aromatic hydroxyl groups is 1. The third-order valence-electron chi connectivity index (χ3n) is 4.08. The van der Waals surface area contributed by atoms with Gasteiger partial charge in [-0.05, 0) is 50.5 Å². The second kappa shape index (κ2) is 5.17. The van der Waals surface area contributed by atoms with Gasteiger partial charge in [0.25, 0.3) is 0 Å². The van der Waals surface area contributed by atoms with E-state index in [9.17, 15) is 5.11 Å². The lowest BCUT2D eigenvalue weighted by molar-refractivity contribution is 0.190. The van der Waals surface area contributed by atoms with Crippen LogP contribution in [0.4, 0.5) is 0 Å². The summed E-state index contributed by atoms with van der Waals surface area (Å²) in [7, 11) is 0. The van der Waals surface area contributed by atoms with Crippen molar-refractivity contribution in [2.75, 3.05) is 19.6 Å². The average Bonchev–Trinajstić information content (AvgIpc) is 2.82. The van der Waals surface area contributed by atoms with Gasteiger partial charge in [0.2, 0.25) is 0 Å². The molecule has 2 aromatic heterocycles. The zero-order chi connectivity index (χ0) is 13.2. The number of piperidine rings is 1. The summed E-state index contributed by atoms with van der Waals surface area (Å²) in [6.45, 7) is 5.73. The summed E-state index contributed by atoms with van der Waals surface area (Å²) in [6, 6.07) is 3.44. The van der Waals surface area contributed by atoms with Crippen molar-refractivity contribution in [3.8, 4) is 5.75 Å². The Labute approximate surface area is 112 Å². The van der Waals surface area contributed by atoms with Gasteiger partial charge in [0.1, 0.15) is 11.6 Å². The number of nitrogens with zero attached hydrogens (tertiary/aromatic N) is 4. The molecule has 1 saturated heterocycles. The molecule has 0 unspecified atom stereocenters. The van der Waals surface area contributed by atoms with Crippen molar-refractivity contribution < 1.29 is 5.11 Å². The van der Waals surface area contributed by atoms with Crippen LogP contribution in [0.15, 0.2) is 18.3 Å². The Kier molecular flexibility index (Phi) is 3.38. The van der Waals surface area contributed by atoms with Crippen molar-refractivity contribution in [1.29, 1.82) is 0 Å². The number of fused-ring (bicyclic) bond motifs is 1. The number of rotatable bonds is 3. The molecule has 0 saturated carbocycles. The van der Waals surface area contributed by atoms with Crippen LogP contribution in [0.5, 0.6) is 5.75 Å². The van der Waals surface area contributed by atoms with Gasteiger partial charge in [-0.3, -0.25) is 4.40 Å². The quantitative estimate of drug-likeness (QED) is 0.913. The Morgan fingerprint density at radius 3 is 2.79 bits per heavy atom. The number of hydrogen-bond donors (Lipinski definition) is 1. The summed E-state index contributed by atoms with van der Waals surface area (Å²) in [4.78, 5) is 2.49. The SMILES string of the molecule is CCN1CCC(Cc2nnc3ccc(O)cn23)CC1. The third-order valence-corrected chi connectivity index (χ3v) is 4.08. The standard InChI is InChI=1S/C14H20N4O/c1-2-17-7-5-11(6-8-17)9-14-16-15-13-4-3-12(19)10-18(13)14/h3-4,10-11,19H,2,5-9H2,1H3. The monoisotopic (exact) mass is 260 g/mol. The Hall–Kier alpha value is -1.62. The fraction of sp³-hybridized carbons (Fsp3) is 0.571. The second-order valence-corrected chi connectivity index (χ2v) is 5.31. The van der Waals surface area contributed by atoms with Gasteiger partial charge in [-0.25, -0.2) is 0 Å². The van der Waals surface area contributed by atoms with Crippen molar-refractivity contribution in [1.82, 2.24) is 19.5 Å². The summed E-state index contributed by atoms with van der Waals surface area (Å²) in [5.74, 6) is 1.90. The highest BCUT2D eigenvalue weighted by atomic mass is 16.3. The maximum Gasteiger partial charge on any atom is 0.161 e. The van der Waals surface area contributed by atoms with E-state index in [1.807, 2.05) is 4.40 Å². The van der Waals surface area contributed by atoms with E-state index in [1.54, 1.807) is 18.3 Å². The maximum atomic E-state index is 9.56. The van der Waals surface area contributed by atoms with Crippen molar-refractivity contribution in [3.05, 3.63) is 24.2 Å². The van der Waals surface area contributed by atoms with Crippen LogP contribution in [0.3, 0.4) is 0 Å². The predicted octanol–water partition coefficient (Wildman–Crippen LogP) is 1.71. The van der Waals surface area contributed by atoms with Crippen LogP contribution in [0.1, 0.15) is 25.6 Å². The molecule has 1 aliphatic heterocycles. The molecule has 1 aliphatic rings. The summed E-state index contributed by atoms with van der Waals surface area (Å²) < 4.78 is 1.90. The van der Waals surface area contributed by atoms with Gasteiger partial charge in [0.15, 0.2) is 5.65 Å². The molecule has 0 aromatic carbocycles. The Bertz CT molecular complexity index is 558. The van der Waals surface area contributed by atoms with Crippen LogP contribution in [-0.2, 0) is 6.42 Å². The molecule has 0 amide bonds. The van der Waals surface area contributed by atoms with Gasteiger partial charge in [-0.2, -0.15) is 0 Å². The zero-order valence-corrected chi connectivity index (χ0v) is 11.3. The molecule has 2 aromatic rings. The number of likely N-dealkylation sites (tertiary alicyclic amines) is 1. The number of pyridine rings is 1. The highest BCUT2D eigenvalue weighted by Gasteiger charge is 2.20. The van der Waals surface area contributed by atoms with Crippen LogP contribution >= 0.6 is 0 Å². The first-order valence-electron chi connectivity index (χ1n) is 7.01. The van der Waals surface area contributed by atoms with E-state index in [4.69, 9.17) is 0 Å². The molecule has 3 rings (SSSR count). The molecular weight excluding hydrogens is 240 g/mol. The van der Waals surface area contributed by atoms with E-state index >= 15 is 0 Å². The fourth-order valence-corrected chi connectivity index (χ4v) is 2.83. The smallest absolute Gasteiger partial charge is 0.161 e. The van der Waals surface area contributed by atoms with Gasteiger partial charge in [0, 0.05) is 6.42 Å². The summed E-state index contributed by atoms with van der Waals surface area (Å²) in [5, 5.41) is 18.0. The van der Waals surface area contributed by atoms with Crippen LogP contribution < -0.4 is 0 Å². The molecule has 0 radical (unpaired) electrons.